The Bertz CT molecular complexity index is 757. The van der Waals surface area contributed by atoms with Crippen molar-refractivity contribution in [2.45, 2.75) is 16.3 Å². The van der Waals surface area contributed by atoms with Crippen molar-refractivity contribution in [3.63, 3.8) is 0 Å². The third-order valence-electron chi connectivity index (χ3n) is 2.51. The lowest BCUT2D eigenvalue weighted by Crippen LogP contribution is -1.93. The molecule has 0 fully saturated rings. The molecule has 0 spiro atoms. The molecule has 4 nitrogen and oxygen atoms in total. The molecule has 0 atom stereocenters. The van der Waals surface area contributed by atoms with Crippen molar-refractivity contribution < 1.29 is 4.39 Å². The molecular formula is C12H9FN4S2. The molecule has 2 N–H and O–H groups in total. The number of aryl methyl sites for hydroxylation is 1. The summed E-state index contributed by atoms with van der Waals surface area (Å²) in [6.45, 7) is 1.61. The van der Waals surface area contributed by atoms with Gasteiger partial charge in [0.05, 0.1) is 15.9 Å². The Morgan fingerprint density at radius 1 is 1.32 bits per heavy atom. The zero-order chi connectivity index (χ0) is 13.4. The van der Waals surface area contributed by atoms with Crippen molar-refractivity contribution >= 4 is 39.0 Å². The Balaban J connectivity index is 1.99. The molecule has 0 radical (unpaired) electrons. The van der Waals surface area contributed by atoms with Crippen LogP contribution in [-0.4, -0.2) is 15.0 Å². The van der Waals surface area contributed by atoms with Crippen LogP contribution in [0.5, 0.6) is 0 Å². The molecule has 1 aromatic carbocycles. The number of nitrogens with zero attached hydrogens (tertiary/aromatic N) is 3. The van der Waals surface area contributed by atoms with Gasteiger partial charge in [0.15, 0.2) is 10.2 Å². The van der Waals surface area contributed by atoms with Crippen LogP contribution in [0.15, 0.2) is 33.9 Å². The van der Waals surface area contributed by atoms with Gasteiger partial charge in [-0.15, -0.1) is 11.3 Å². The van der Waals surface area contributed by atoms with E-state index in [2.05, 4.69) is 15.0 Å². The highest BCUT2D eigenvalue weighted by Gasteiger charge is 2.12. The topological polar surface area (TPSA) is 64.7 Å². The molecule has 3 aromatic rings. The fourth-order valence-corrected chi connectivity index (χ4v) is 3.62. The summed E-state index contributed by atoms with van der Waals surface area (Å²) in [6.07, 6.45) is 1.35. The summed E-state index contributed by atoms with van der Waals surface area (Å²) >= 11 is 2.67. The fourth-order valence-electron chi connectivity index (χ4n) is 1.55. The van der Waals surface area contributed by atoms with Gasteiger partial charge in [0.1, 0.15) is 11.4 Å². The standard InChI is InChI=1S/C12H9FN4S2/c1-6-10(13)11(16-5-15-6)19-12-17-8-3-2-7(14)4-9(8)18-12/h2-5H,14H2,1H3. The number of benzene rings is 1. The summed E-state index contributed by atoms with van der Waals surface area (Å²) in [7, 11) is 0. The van der Waals surface area contributed by atoms with Gasteiger partial charge in [-0.2, -0.15) is 0 Å². The zero-order valence-electron chi connectivity index (χ0n) is 9.92. The molecule has 96 valence electrons. The van der Waals surface area contributed by atoms with E-state index in [9.17, 15) is 4.39 Å². The van der Waals surface area contributed by atoms with Crippen LogP contribution < -0.4 is 5.73 Å². The Labute approximate surface area is 116 Å². The van der Waals surface area contributed by atoms with Gasteiger partial charge in [0, 0.05) is 5.69 Å². The van der Waals surface area contributed by atoms with E-state index in [1.165, 1.54) is 29.4 Å². The molecule has 0 aliphatic heterocycles. The summed E-state index contributed by atoms with van der Waals surface area (Å²) in [4.78, 5) is 12.2. The monoisotopic (exact) mass is 292 g/mol. The summed E-state index contributed by atoms with van der Waals surface area (Å²) < 4.78 is 15.5. The molecule has 0 amide bonds. The molecule has 7 heteroatoms. The molecule has 0 bridgehead atoms. The number of anilines is 1. The van der Waals surface area contributed by atoms with E-state index in [1.807, 2.05) is 12.1 Å². The molecule has 2 aromatic heterocycles. The van der Waals surface area contributed by atoms with Crippen molar-refractivity contribution in [2.24, 2.45) is 0 Å². The van der Waals surface area contributed by atoms with Crippen LogP contribution >= 0.6 is 23.1 Å². The quantitative estimate of drug-likeness (QED) is 0.580. The highest BCUT2D eigenvalue weighted by atomic mass is 32.2. The van der Waals surface area contributed by atoms with E-state index in [1.54, 1.807) is 13.0 Å². The Hall–Kier alpha value is -1.73. The lowest BCUT2D eigenvalue weighted by atomic mass is 10.3. The van der Waals surface area contributed by atoms with Gasteiger partial charge in [-0.3, -0.25) is 0 Å². The fraction of sp³-hybridized carbons (Fsp3) is 0.0833. The van der Waals surface area contributed by atoms with Crippen LogP contribution in [0.3, 0.4) is 0 Å². The predicted molar refractivity (Wildman–Crippen MR) is 74.9 cm³/mol. The number of nitrogen functional groups attached to an aromatic ring is 1. The third-order valence-corrected chi connectivity index (χ3v) is 4.57. The van der Waals surface area contributed by atoms with Gasteiger partial charge in [-0.1, -0.05) is 0 Å². The maximum absolute atomic E-state index is 13.8. The molecule has 19 heavy (non-hydrogen) atoms. The molecule has 2 heterocycles. The van der Waals surface area contributed by atoms with E-state index in [4.69, 9.17) is 5.73 Å². The number of thiazole rings is 1. The highest BCUT2D eigenvalue weighted by molar-refractivity contribution is 8.01. The Morgan fingerprint density at radius 2 is 2.16 bits per heavy atom. The molecule has 0 unspecified atom stereocenters. The maximum atomic E-state index is 13.8. The van der Waals surface area contributed by atoms with Crippen LogP contribution in [0.2, 0.25) is 0 Å². The third kappa shape index (κ3) is 2.39. The van der Waals surface area contributed by atoms with Crippen molar-refractivity contribution in [2.75, 3.05) is 5.73 Å². The van der Waals surface area contributed by atoms with Gasteiger partial charge in [0.2, 0.25) is 0 Å². The van der Waals surface area contributed by atoms with Crippen LogP contribution in [0.25, 0.3) is 10.2 Å². The van der Waals surface area contributed by atoms with Crippen LogP contribution in [0.4, 0.5) is 10.1 Å². The van der Waals surface area contributed by atoms with Gasteiger partial charge in [-0.05, 0) is 36.9 Å². The number of fused-ring (bicyclic) bond motifs is 1. The summed E-state index contributed by atoms with van der Waals surface area (Å²) in [5.74, 6) is -0.397. The predicted octanol–water partition coefficient (Wildman–Crippen LogP) is 3.27. The minimum Gasteiger partial charge on any atom is -0.399 e. The first kappa shape index (κ1) is 12.3. The van der Waals surface area contributed by atoms with Gasteiger partial charge in [-0.25, -0.2) is 19.3 Å². The zero-order valence-corrected chi connectivity index (χ0v) is 11.6. The Kier molecular flexibility index (Phi) is 3.08. The number of hydrogen-bond acceptors (Lipinski definition) is 6. The van der Waals surface area contributed by atoms with E-state index < -0.39 is 5.82 Å². The number of nitrogens with two attached hydrogens (primary N) is 1. The lowest BCUT2D eigenvalue weighted by Gasteiger charge is -1.99. The maximum Gasteiger partial charge on any atom is 0.176 e. The molecule has 0 aliphatic carbocycles. The molecule has 3 rings (SSSR count). The average molecular weight is 292 g/mol. The minimum atomic E-state index is -0.397. The first-order chi connectivity index (χ1) is 9.13. The Morgan fingerprint density at radius 3 is 3.00 bits per heavy atom. The van der Waals surface area contributed by atoms with Crippen molar-refractivity contribution in [1.29, 1.82) is 0 Å². The van der Waals surface area contributed by atoms with E-state index in [0.29, 0.717) is 16.4 Å². The second-order valence-electron chi connectivity index (χ2n) is 3.89. The molecule has 0 saturated heterocycles. The van der Waals surface area contributed by atoms with E-state index >= 15 is 0 Å². The number of rotatable bonds is 2. The van der Waals surface area contributed by atoms with Gasteiger partial charge >= 0.3 is 0 Å². The van der Waals surface area contributed by atoms with Crippen LogP contribution in [-0.2, 0) is 0 Å². The second kappa shape index (κ2) is 4.75. The van der Waals surface area contributed by atoms with E-state index in [-0.39, 0.29) is 0 Å². The highest BCUT2D eigenvalue weighted by Crippen LogP contribution is 2.35. The average Bonchev–Trinajstić information content (AvgIpc) is 2.76. The number of aromatic nitrogens is 3. The normalized spacial score (nSPS) is 11.1. The summed E-state index contributed by atoms with van der Waals surface area (Å²) in [5, 5.41) is 0.291. The molecular weight excluding hydrogens is 283 g/mol. The van der Waals surface area contributed by atoms with Crippen molar-refractivity contribution in [3.05, 3.63) is 36.0 Å². The number of hydrogen-bond donors (Lipinski definition) is 1. The number of halogens is 1. The van der Waals surface area contributed by atoms with Crippen molar-refractivity contribution in [3.8, 4) is 0 Å². The minimum absolute atomic E-state index is 0.291. The first-order valence-corrected chi connectivity index (χ1v) is 7.08. The van der Waals surface area contributed by atoms with Gasteiger partial charge < -0.3 is 5.73 Å². The second-order valence-corrected chi connectivity index (χ2v) is 6.15. The van der Waals surface area contributed by atoms with E-state index in [0.717, 1.165) is 14.6 Å². The van der Waals surface area contributed by atoms with Gasteiger partial charge in [0.25, 0.3) is 0 Å². The van der Waals surface area contributed by atoms with Crippen molar-refractivity contribution in [1.82, 2.24) is 15.0 Å². The SMILES string of the molecule is Cc1ncnc(Sc2nc3ccc(N)cc3s2)c1F. The smallest absolute Gasteiger partial charge is 0.176 e. The summed E-state index contributed by atoms with van der Waals surface area (Å²) in [6, 6.07) is 5.51. The van der Waals surface area contributed by atoms with Crippen LogP contribution in [0.1, 0.15) is 5.69 Å². The molecule has 0 saturated carbocycles. The molecule has 0 aliphatic rings. The lowest BCUT2D eigenvalue weighted by molar-refractivity contribution is 0.567. The largest absolute Gasteiger partial charge is 0.399 e. The first-order valence-electron chi connectivity index (χ1n) is 5.44. The summed E-state index contributed by atoms with van der Waals surface area (Å²) in [5.41, 5.74) is 7.60. The van der Waals surface area contributed by atoms with Crippen LogP contribution in [0, 0.1) is 12.7 Å².